The molecule has 1 aromatic carbocycles. The van der Waals surface area contributed by atoms with Crippen LogP contribution in [0.3, 0.4) is 0 Å². The van der Waals surface area contributed by atoms with Crippen LogP contribution in [0.5, 0.6) is 11.5 Å². The minimum absolute atomic E-state index is 0.00350. The number of hydrogen-bond donors (Lipinski definition) is 1. The second-order valence-corrected chi connectivity index (χ2v) is 7.94. The molecule has 4 aliphatic rings. The van der Waals surface area contributed by atoms with Gasteiger partial charge in [0.1, 0.15) is 13.2 Å². The smallest absolute Gasteiger partial charge is 0.227 e. The monoisotopic (exact) mass is 356 g/mol. The van der Waals surface area contributed by atoms with Crippen molar-refractivity contribution in [2.24, 2.45) is 17.8 Å². The molecule has 2 heterocycles. The van der Waals surface area contributed by atoms with Gasteiger partial charge in [-0.3, -0.25) is 9.59 Å². The molecule has 0 unspecified atom stereocenters. The molecular formula is C20H24N2O4. The molecule has 2 aliphatic heterocycles. The number of benzene rings is 1. The van der Waals surface area contributed by atoms with Crippen molar-refractivity contribution in [2.75, 3.05) is 24.7 Å². The summed E-state index contributed by atoms with van der Waals surface area (Å²) in [6, 6.07) is 5.87. The summed E-state index contributed by atoms with van der Waals surface area (Å²) in [5.41, 5.74) is 0.774. The van der Waals surface area contributed by atoms with Crippen LogP contribution in [0.25, 0.3) is 0 Å². The van der Waals surface area contributed by atoms with Gasteiger partial charge in [-0.1, -0.05) is 0 Å². The van der Waals surface area contributed by atoms with Crippen molar-refractivity contribution in [1.82, 2.24) is 5.32 Å². The average molecular weight is 356 g/mol. The molecule has 0 bridgehead atoms. The van der Waals surface area contributed by atoms with Gasteiger partial charge in [-0.25, -0.2) is 0 Å². The lowest BCUT2D eigenvalue weighted by Crippen LogP contribution is -2.42. The minimum atomic E-state index is -0.268. The summed E-state index contributed by atoms with van der Waals surface area (Å²) >= 11 is 0. The number of rotatable bonds is 5. The second-order valence-electron chi connectivity index (χ2n) is 7.94. The molecule has 1 N–H and O–H groups in total. The lowest BCUT2D eigenvalue weighted by Gasteiger charge is -2.23. The highest BCUT2D eigenvalue weighted by Crippen LogP contribution is 2.44. The Morgan fingerprint density at radius 3 is 2.46 bits per heavy atom. The lowest BCUT2D eigenvalue weighted by molar-refractivity contribution is -0.127. The second kappa shape index (κ2) is 6.18. The van der Waals surface area contributed by atoms with E-state index in [0.29, 0.717) is 49.1 Å². The van der Waals surface area contributed by atoms with Crippen molar-refractivity contribution in [3.8, 4) is 11.5 Å². The summed E-state index contributed by atoms with van der Waals surface area (Å²) in [6.45, 7) is 1.49. The first-order valence-corrected chi connectivity index (χ1v) is 9.69. The van der Waals surface area contributed by atoms with Crippen LogP contribution in [-0.2, 0) is 9.59 Å². The number of hydrogen-bond acceptors (Lipinski definition) is 4. The Labute approximate surface area is 152 Å². The summed E-state index contributed by atoms with van der Waals surface area (Å²) in [5, 5.41) is 3.26. The van der Waals surface area contributed by atoms with Crippen molar-refractivity contribution in [1.29, 1.82) is 0 Å². The number of anilines is 1. The van der Waals surface area contributed by atoms with E-state index in [1.807, 2.05) is 18.2 Å². The first-order valence-electron chi connectivity index (χ1n) is 9.69. The van der Waals surface area contributed by atoms with Crippen LogP contribution in [0.2, 0.25) is 0 Å². The van der Waals surface area contributed by atoms with Crippen LogP contribution in [0.1, 0.15) is 32.1 Å². The normalized spacial score (nSPS) is 24.9. The van der Waals surface area contributed by atoms with Gasteiger partial charge in [-0.05, 0) is 49.7 Å². The van der Waals surface area contributed by atoms with Gasteiger partial charge in [0.15, 0.2) is 11.5 Å². The molecule has 1 atom stereocenters. The van der Waals surface area contributed by atoms with Gasteiger partial charge in [0.25, 0.3) is 0 Å². The molecule has 2 amide bonds. The quantitative estimate of drug-likeness (QED) is 0.877. The highest BCUT2D eigenvalue weighted by molar-refractivity contribution is 6.00. The largest absolute Gasteiger partial charge is 0.486 e. The fourth-order valence-electron chi connectivity index (χ4n) is 4.15. The van der Waals surface area contributed by atoms with Crippen molar-refractivity contribution in [2.45, 2.75) is 38.1 Å². The Morgan fingerprint density at radius 2 is 1.77 bits per heavy atom. The van der Waals surface area contributed by atoms with Gasteiger partial charge in [0.2, 0.25) is 11.8 Å². The third kappa shape index (κ3) is 3.02. The molecule has 26 heavy (non-hydrogen) atoms. The Hall–Kier alpha value is -2.24. The molecule has 3 fully saturated rings. The van der Waals surface area contributed by atoms with E-state index in [0.717, 1.165) is 5.69 Å². The standard InChI is InChI=1S/C20H24N2O4/c23-18-9-14(20(24)21-19(12-1-2-12)13-3-4-13)11-22(18)15-5-6-16-17(10-15)26-8-7-25-16/h5-6,10,12-14,19H,1-4,7-9,11H2,(H,21,24)/t14-/m1/s1. The molecule has 138 valence electrons. The number of amides is 2. The molecule has 1 saturated heterocycles. The van der Waals surface area contributed by atoms with E-state index < -0.39 is 0 Å². The number of carbonyl (C=O) groups is 2. The predicted octanol–water partition coefficient (Wildman–Crippen LogP) is 2.12. The molecule has 0 spiro atoms. The predicted molar refractivity (Wildman–Crippen MR) is 95.3 cm³/mol. The van der Waals surface area contributed by atoms with E-state index in [1.165, 1.54) is 25.7 Å². The zero-order chi connectivity index (χ0) is 17.7. The van der Waals surface area contributed by atoms with E-state index >= 15 is 0 Å². The molecule has 5 rings (SSSR count). The number of nitrogens with zero attached hydrogens (tertiary/aromatic N) is 1. The van der Waals surface area contributed by atoms with Crippen LogP contribution in [0.15, 0.2) is 18.2 Å². The van der Waals surface area contributed by atoms with E-state index in [2.05, 4.69) is 5.32 Å². The Balaban J connectivity index is 1.27. The average Bonchev–Trinajstić information content (AvgIpc) is 3.57. The summed E-state index contributed by atoms with van der Waals surface area (Å²) < 4.78 is 11.1. The van der Waals surface area contributed by atoms with Gasteiger partial charge in [-0.15, -0.1) is 0 Å². The Morgan fingerprint density at radius 1 is 1.08 bits per heavy atom. The molecular weight excluding hydrogens is 332 g/mol. The number of carbonyl (C=O) groups excluding carboxylic acids is 2. The lowest BCUT2D eigenvalue weighted by atomic mass is 10.0. The fraction of sp³-hybridized carbons (Fsp3) is 0.600. The van der Waals surface area contributed by atoms with E-state index in [1.54, 1.807) is 4.90 Å². The van der Waals surface area contributed by atoms with Gasteiger partial charge >= 0.3 is 0 Å². The number of ether oxygens (including phenoxy) is 2. The van der Waals surface area contributed by atoms with Gasteiger partial charge < -0.3 is 19.7 Å². The summed E-state index contributed by atoms with van der Waals surface area (Å²) in [6.07, 6.45) is 5.20. The van der Waals surface area contributed by atoms with Crippen molar-refractivity contribution < 1.29 is 19.1 Å². The maximum atomic E-state index is 12.7. The highest BCUT2D eigenvalue weighted by atomic mass is 16.6. The van der Waals surface area contributed by atoms with E-state index in [9.17, 15) is 9.59 Å². The third-order valence-electron chi connectivity index (χ3n) is 5.90. The SMILES string of the molecule is O=C(NC(C1CC1)C1CC1)[C@@H]1CC(=O)N(c2ccc3c(c2)OCCO3)C1. The summed E-state index contributed by atoms with van der Waals surface area (Å²) in [7, 11) is 0. The fourth-order valence-corrected chi connectivity index (χ4v) is 4.15. The van der Waals surface area contributed by atoms with Crippen LogP contribution < -0.4 is 19.7 Å². The molecule has 2 aliphatic carbocycles. The van der Waals surface area contributed by atoms with Crippen LogP contribution in [0, 0.1) is 17.8 Å². The zero-order valence-corrected chi connectivity index (χ0v) is 14.8. The molecule has 2 saturated carbocycles. The van der Waals surface area contributed by atoms with Crippen LogP contribution in [0.4, 0.5) is 5.69 Å². The highest BCUT2D eigenvalue weighted by Gasteiger charge is 2.44. The van der Waals surface area contributed by atoms with Gasteiger partial charge in [0, 0.05) is 30.8 Å². The van der Waals surface area contributed by atoms with Gasteiger partial charge in [-0.2, -0.15) is 0 Å². The molecule has 6 nitrogen and oxygen atoms in total. The topological polar surface area (TPSA) is 67.9 Å². The number of fused-ring (bicyclic) bond motifs is 1. The van der Waals surface area contributed by atoms with Crippen LogP contribution >= 0.6 is 0 Å². The van der Waals surface area contributed by atoms with Crippen molar-refractivity contribution in [3.05, 3.63) is 18.2 Å². The van der Waals surface area contributed by atoms with Crippen molar-refractivity contribution in [3.63, 3.8) is 0 Å². The molecule has 0 radical (unpaired) electrons. The first kappa shape index (κ1) is 16.0. The van der Waals surface area contributed by atoms with Gasteiger partial charge in [0.05, 0.1) is 5.92 Å². The maximum Gasteiger partial charge on any atom is 0.227 e. The number of nitrogens with one attached hydrogen (secondary N) is 1. The van der Waals surface area contributed by atoms with E-state index in [-0.39, 0.29) is 24.2 Å². The zero-order valence-electron chi connectivity index (χ0n) is 14.8. The first-order chi connectivity index (χ1) is 12.7. The van der Waals surface area contributed by atoms with Crippen molar-refractivity contribution >= 4 is 17.5 Å². The Kier molecular flexibility index (Phi) is 3.80. The third-order valence-corrected chi connectivity index (χ3v) is 5.90. The molecule has 0 aromatic heterocycles. The maximum absolute atomic E-state index is 12.7. The van der Waals surface area contributed by atoms with Crippen LogP contribution in [-0.4, -0.2) is 37.6 Å². The summed E-state index contributed by atoms with van der Waals surface area (Å²) in [5.74, 6) is 2.47. The molecule has 1 aromatic rings. The Bertz CT molecular complexity index is 729. The minimum Gasteiger partial charge on any atom is -0.486 e. The summed E-state index contributed by atoms with van der Waals surface area (Å²) in [4.78, 5) is 27.0. The van der Waals surface area contributed by atoms with E-state index in [4.69, 9.17) is 9.47 Å². The molecule has 6 heteroatoms.